The van der Waals surface area contributed by atoms with Crippen molar-refractivity contribution in [3.05, 3.63) is 23.8 Å². The number of ether oxygens (including phenoxy) is 2. The molecule has 0 aliphatic carbocycles. The summed E-state index contributed by atoms with van der Waals surface area (Å²) in [5, 5.41) is 22.4. The predicted molar refractivity (Wildman–Crippen MR) is 150 cm³/mol. The normalized spacial score (nSPS) is 13.0. The second kappa shape index (κ2) is 18.5. The summed E-state index contributed by atoms with van der Waals surface area (Å²) in [6.45, 7) is 5.44. The van der Waals surface area contributed by atoms with Gasteiger partial charge in [0.2, 0.25) is 17.7 Å². The molecule has 3 atom stereocenters. The molecule has 10 N–H and O–H groups in total. The lowest BCUT2D eigenvalue weighted by atomic mass is 10.0. The van der Waals surface area contributed by atoms with Crippen LogP contribution < -0.4 is 42.8 Å². The Balaban J connectivity index is 3.12. The number of aliphatic hydroxyl groups excluding tert-OH is 1. The van der Waals surface area contributed by atoms with E-state index in [9.17, 15) is 29.1 Å². The Kier molecular flexibility index (Phi) is 15.9. The molecular formula is C26H43N7O8. The second-order valence-corrected chi connectivity index (χ2v) is 9.50. The number of benzene rings is 1. The zero-order valence-electron chi connectivity index (χ0n) is 24.0. The molecule has 1 unspecified atom stereocenters. The van der Waals surface area contributed by atoms with Gasteiger partial charge in [-0.3, -0.25) is 30.2 Å². The molecule has 15 heteroatoms. The summed E-state index contributed by atoms with van der Waals surface area (Å²) in [6, 6.07) is 2.26. The SMILES string of the molecule is COC(=O)c1ccc(NC(=O)[C@H](CCCNC(N)O)NC(=O)[C@@H](NC(C)=O)C(C)C)cc1OCC(=O)NCCCN. The highest BCUT2D eigenvalue weighted by molar-refractivity contribution is 5.99. The van der Waals surface area contributed by atoms with Crippen LogP contribution in [0.1, 0.15) is 50.4 Å². The van der Waals surface area contributed by atoms with Gasteiger partial charge in [0.15, 0.2) is 13.0 Å². The van der Waals surface area contributed by atoms with E-state index in [2.05, 4.69) is 26.6 Å². The van der Waals surface area contributed by atoms with Crippen molar-refractivity contribution < 1.29 is 38.6 Å². The van der Waals surface area contributed by atoms with Crippen LogP contribution >= 0.6 is 0 Å². The maximum Gasteiger partial charge on any atom is 0.341 e. The summed E-state index contributed by atoms with van der Waals surface area (Å²) in [5.74, 6) is -2.93. The third-order valence-corrected chi connectivity index (χ3v) is 5.68. The Morgan fingerprint density at radius 2 is 1.73 bits per heavy atom. The molecular weight excluding hydrogens is 538 g/mol. The number of carbonyl (C=O) groups excluding carboxylic acids is 5. The zero-order chi connectivity index (χ0) is 30.9. The molecule has 0 aliphatic rings. The van der Waals surface area contributed by atoms with Gasteiger partial charge >= 0.3 is 5.97 Å². The first-order chi connectivity index (χ1) is 19.4. The summed E-state index contributed by atoms with van der Waals surface area (Å²) in [4.78, 5) is 62.2. The van der Waals surface area contributed by atoms with Crippen molar-refractivity contribution in [1.82, 2.24) is 21.3 Å². The highest BCUT2D eigenvalue weighted by Gasteiger charge is 2.28. The van der Waals surface area contributed by atoms with Crippen LogP contribution in [-0.4, -0.2) is 86.5 Å². The van der Waals surface area contributed by atoms with Gasteiger partial charge in [0.05, 0.1) is 7.11 Å². The van der Waals surface area contributed by atoms with Crippen molar-refractivity contribution in [1.29, 1.82) is 0 Å². The predicted octanol–water partition coefficient (Wildman–Crippen LogP) is -1.49. The molecule has 4 amide bonds. The van der Waals surface area contributed by atoms with Crippen molar-refractivity contribution in [2.45, 2.75) is 58.5 Å². The van der Waals surface area contributed by atoms with Crippen LogP contribution in [0.3, 0.4) is 0 Å². The molecule has 0 saturated carbocycles. The van der Waals surface area contributed by atoms with E-state index in [1.807, 2.05) is 0 Å². The first kappa shape index (κ1) is 35.2. The summed E-state index contributed by atoms with van der Waals surface area (Å²) in [7, 11) is 1.19. The summed E-state index contributed by atoms with van der Waals surface area (Å²) >= 11 is 0. The van der Waals surface area contributed by atoms with Crippen molar-refractivity contribution >= 4 is 35.3 Å². The van der Waals surface area contributed by atoms with Gasteiger partial charge in [-0.15, -0.1) is 0 Å². The van der Waals surface area contributed by atoms with Crippen molar-refractivity contribution in [3.8, 4) is 5.75 Å². The molecule has 15 nitrogen and oxygen atoms in total. The van der Waals surface area contributed by atoms with Crippen LogP contribution in [0.4, 0.5) is 5.69 Å². The van der Waals surface area contributed by atoms with E-state index < -0.39 is 54.6 Å². The number of aliphatic hydroxyl groups is 1. The smallest absolute Gasteiger partial charge is 0.341 e. The minimum absolute atomic E-state index is 0.00382. The minimum atomic E-state index is -1.24. The van der Waals surface area contributed by atoms with Gasteiger partial charge in [-0.2, -0.15) is 0 Å². The van der Waals surface area contributed by atoms with Crippen LogP contribution in [0.5, 0.6) is 5.75 Å². The second-order valence-electron chi connectivity index (χ2n) is 9.50. The van der Waals surface area contributed by atoms with Crippen molar-refractivity contribution in [2.75, 3.05) is 38.7 Å². The van der Waals surface area contributed by atoms with E-state index in [-0.39, 0.29) is 35.9 Å². The van der Waals surface area contributed by atoms with Gasteiger partial charge in [0.25, 0.3) is 5.91 Å². The third-order valence-electron chi connectivity index (χ3n) is 5.68. The lowest BCUT2D eigenvalue weighted by Crippen LogP contribution is -2.54. The zero-order valence-corrected chi connectivity index (χ0v) is 24.0. The van der Waals surface area contributed by atoms with Crippen LogP contribution in [0.15, 0.2) is 18.2 Å². The molecule has 1 aromatic carbocycles. The van der Waals surface area contributed by atoms with Crippen LogP contribution in [0, 0.1) is 5.92 Å². The van der Waals surface area contributed by atoms with Crippen molar-refractivity contribution in [2.24, 2.45) is 17.4 Å². The number of nitrogens with two attached hydrogens (primary N) is 2. The largest absolute Gasteiger partial charge is 0.483 e. The van der Waals surface area contributed by atoms with Gasteiger partial charge in [0.1, 0.15) is 23.4 Å². The average Bonchev–Trinajstić information content (AvgIpc) is 2.91. The molecule has 0 heterocycles. The van der Waals surface area contributed by atoms with Crippen LogP contribution in [0.2, 0.25) is 0 Å². The lowest BCUT2D eigenvalue weighted by Gasteiger charge is -2.25. The molecule has 0 bridgehead atoms. The number of hydrogen-bond donors (Lipinski definition) is 8. The van der Waals surface area contributed by atoms with E-state index in [4.69, 9.17) is 20.9 Å². The average molecular weight is 582 g/mol. The van der Waals surface area contributed by atoms with Gasteiger partial charge in [-0.1, -0.05) is 13.8 Å². The third kappa shape index (κ3) is 13.4. The van der Waals surface area contributed by atoms with Gasteiger partial charge in [-0.05, 0) is 50.4 Å². The molecule has 41 heavy (non-hydrogen) atoms. The molecule has 0 spiro atoms. The van der Waals surface area contributed by atoms with Crippen molar-refractivity contribution in [3.63, 3.8) is 0 Å². The Hall–Kier alpha value is -3.79. The van der Waals surface area contributed by atoms with Gasteiger partial charge in [0, 0.05) is 25.2 Å². The number of methoxy groups -OCH3 is 1. The number of esters is 1. The topological polar surface area (TPSA) is 236 Å². The van der Waals surface area contributed by atoms with E-state index in [0.29, 0.717) is 25.9 Å². The van der Waals surface area contributed by atoms with Crippen LogP contribution in [0.25, 0.3) is 0 Å². The molecule has 1 aromatic rings. The Labute approximate surface area is 239 Å². The van der Waals surface area contributed by atoms with Crippen LogP contribution in [-0.2, 0) is 23.9 Å². The fourth-order valence-electron chi connectivity index (χ4n) is 3.59. The van der Waals surface area contributed by atoms with E-state index in [1.165, 1.54) is 32.2 Å². The highest BCUT2D eigenvalue weighted by Crippen LogP contribution is 2.25. The summed E-state index contributed by atoms with van der Waals surface area (Å²) < 4.78 is 10.3. The molecule has 0 radical (unpaired) electrons. The molecule has 230 valence electrons. The molecule has 0 saturated heterocycles. The first-order valence-electron chi connectivity index (χ1n) is 13.3. The first-order valence-corrected chi connectivity index (χ1v) is 13.3. The number of anilines is 1. The maximum atomic E-state index is 13.3. The van der Waals surface area contributed by atoms with E-state index in [0.717, 1.165) is 0 Å². The van der Waals surface area contributed by atoms with E-state index in [1.54, 1.807) is 13.8 Å². The highest BCUT2D eigenvalue weighted by atomic mass is 16.5. The monoisotopic (exact) mass is 581 g/mol. The minimum Gasteiger partial charge on any atom is -0.483 e. The molecule has 0 fully saturated rings. The summed E-state index contributed by atoms with van der Waals surface area (Å²) in [5.41, 5.74) is 11.0. The molecule has 0 aliphatic heterocycles. The number of amides is 4. The Bertz CT molecular complexity index is 1040. The van der Waals surface area contributed by atoms with E-state index >= 15 is 0 Å². The quantitative estimate of drug-likeness (QED) is 0.0564. The summed E-state index contributed by atoms with van der Waals surface area (Å²) in [6.07, 6.45) is -0.135. The number of hydrogen-bond acceptors (Lipinski definition) is 11. The number of carbonyl (C=O) groups is 5. The lowest BCUT2D eigenvalue weighted by molar-refractivity contribution is -0.131. The van der Waals surface area contributed by atoms with Gasteiger partial charge < -0.3 is 41.6 Å². The van der Waals surface area contributed by atoms with Gasteiger partial charge in [-0.25, -0.2) is 4.79 Å². The molecule has 0 aromatic heterocycles. The fraction of sp³-hybridized carbons (Fsp3) is 0.577. The fourth-order valence-corrected chi connectivity index (χ4v) is 3.59. The standard InChI is InChI=1S/C26H43N7O8/c1-15(2)22(31-16(3)34)24(37)33-19(7-5-11-30-26(28)39)23(36)32-17-8-9-18(25(38)40-4)20(13-17)41-14-21(35)29-12-6-10-27/h8-9,13,15,19,22,26,30,39H,5-7,10-12,14,27-28H2,1-4H3,(H,29,35)(H,31,34)(H,32,36)(H,33,37)/t19-,22-,26?/m0/s1. The Morgan fingerprint density at radius 3 is 2.32 bits per heavy atom. The molecule has 1 rings (SSSR count). The maximum absolute atomic E-state index is 13.3. The number of nitrogens with one attached hydrogen (secondary N) is 5. The Morgan fingerprint density at radius 1 is 1.02 bits per heavy atom. The number of rotatable bonds is 18.